The molecule has 0 aromatic carbocycles. The Kier molecular flexibility index (Phi) is 4.67. The van der Waals surface area contributed by atoms with Crippen LogP contribution >= 0.6 is 11.8 Å². The summed E-state index contributed by atoms with van der Waals surface area (Å²) in [5.74, 6) is 0.786. The van der Waals surface area contributed by atoms with Gasteiger partial charge in [0.2, 0.25) is 6.19 Å². The maximum absolute atomic E-state index is 8.60. The lowest BCUT2D eigenvalue weighted by atomic mass is 9.75. The number of amidine groups is 1. The average Bonchev–Trinajstić information content (AvgIpc) is 2.25. The van der Waals surface area contributed by atoms with Crippen molar-refractivity contribution in [3.05, 3.63) is 0 Å². The minimum Gasteiger partial charge on any atom is -0.351 e. The van der Waals surface area contributed by atoms with Gasteiger partial charge in [0.15, 0.2) is 5.17 Å². The van der Waals surface area contributed by atoms with Crippen LogP contribution in [0.25, 0.3) is 0 Å². The molecule has 1 fully saturated rings. The molecule has 1 aliphatic heterocycles. The van der Waals surface area contributed by atoms with Crippen molar-refractivity contribution in [1.82, 2.24) is 4.90 Å². The van der Waals surface area contributed by atoms with E-state index in [2.05, 4.69) is 30.7 Å². The van der Waals surface area contributed by atoms with E-state index in [1.165, 1.54) is 12.8 Å². The van der Waals surface area contributed by atoms with Crippen LogP contribution in [0.3, 0.4) is 0 Å². The molecule has 16 heavy (non-hydrogen) atoms. The van der Waals surface area contributed by atoms with Crippen LogP contribution in [-0.2, 0) is 0 Å². The number of nitriles is 1. The van der Waals surface area contributed by atoms with Crippen molar-refractivity contribution in [3.63, 3.8) is 0 Å². The van der Waals surface area contributed by atoms with Crippen LogP contribution in [0.1, 0.15) is 33.6 Å². The average molecular weight is 239 g/mol. The summed E-state index contributed by atoms with van der Waals surface area (Å²) in [6.07, 6.45) is 6.27. The standard InChI is InChI=1S/C12H21N3S/c1-12(2,3)10-5-7-15(8-6-10)11(16-4)14-9-13/h10H,5-8H2,1-4H3. The third kappa shape index (κ3) is 3.41. The number of piperidine rings is 1. The molecule has 0 N–H and O–H groups in total. The highest BCUT2D eigenvalue weighted by atomic mass is 32.2. The summed E-state index contributed by atoms with van der Waals surface area (Å²) in [5, 5.41) is 9.47. The molecule has 0 amide bonds. The van der Waals surface area contributed by atoms with E-state index >= 15 is 0 Å². The SMILES string of the molecule is CSC(=NC#N)N1CCC(C(C)(C)C)CC1. The molecular formula is C12H21N3S. The summed E-state index contributed by atoms with van der Waals surface area (Å²) >= 11 is 1.56. The summed E-state index contributed by atoms with van der Waals surface area (Å²) in [7, 11) is 0. The van der Waals surface area contributed by atoms with E-state index < -0.39 is 0 Å². The molecule has 1 aliphatic rings. The third-order valence-electron chi connectivity index (χ3n) is 3.32. The lowest BCUT2D eigenvalue weighted by molar-refractivity contribution is 0.151. The molecule has 0 spiro atoms. The number of thioether (sulfide) groups is 1. The van der Waals surface area contributed by atoms with Crippen molar-refractivity contribution in [2.75, 3.05) is 19.3 Å². The zero-order valence-corrected chi connectivity index (χ0v) is 11.5. The Labute approximate surface area is 103 Å². The zero-order chi connectivity index (χ0) is 12.2. The monoisotopic (exact) mass is 239 g/mol. The zero-order valence-electron chi connectivity index (χ0n) is 10.7. The molecular weight excluding hydrogens is 218 g/mol. The Morgan fingerprint density at radius 3 is 2.31 bits per heavy atom. The first kappa shape index (κ1) is 13.4. The highest BCUT2D eigenvalue weighted by Gasteiger charge is 2.29. The maximum atomic E-state index is 8.60. The molecule has 0 aromatic rings. The summed E-state index contributed by atoms with van der Waals surface area (Å²) in [6, 6.07) is 0. The molecule has 0 aliphatic carbocycles. The second-order valence-electron chi connectivity index (χ2n) is 5.33. The van der Waals surface area contributed by atoms with E-state index in [1.54, 1.807) is 11.8 Å². The molecule has 0 saturated carbocycles. The second kappa shape index (κ2) is 5.58. The smallest absolute Gasteiger partial charge is 0.208 e. The Morgan fingerprint density at radius 2 is 1.94 bits per heavy atom. The minimum atomic E-state index is 0.401. The van der Waals surface area contributed by atoms with Crippen LogP contribution in [0.15, 0.2) is 4.99 Å². The van der Waals surface area contributed by atoms with Gasteiger partial charge in [-0.15, -0.1) is 4.99 Å². The van der Waals surface area contributed by atoms with Crippen molar-refractivity contribution in [2.45, 2.75) is 33.6 Å². The van der Waals surface area contributed by atoms with Crippen LogP contribution < -0.4 is 0 Å². The first-order chi connectivity index (χ1) is 7.49. The number of hydrogen-bond acceptors (Lipinski definition) is 3. The minimum absolute atomic E-state index is 0.401. The van der Waals surface area contributed by atoms with E-state index in [1.807, 2.05) is 12.4 Å². The maximum Gasteiger partial charge on any atom is 0.208 e. The van der Waals surface area contributed by atoms with Gasteiger partial charge in [0.05, 0.1) is 0 Å². The molecule has 0 aromatic heterocycles. The Morgan fingerprint density at radius 1 is 1.38 bits per heavy atom. The second-order valence-corrected chi connectivity index (χ2v) is 6.10. The summed E-state index contributed by atoms with van der Waals surface area (Å²) in [5.41, 5.74) is 0.401. The number of hydrogen-bond donors (Lipinski definition) is 0. The molecule has 0 unspecified atom stereocenters. The van der Waals surface area contributed by atoms with Gasteiger partial charge >= 0.3 is 0 Å². The number of likely N-dealkylation sites (tertiary alicyclic amines) is 1. The quantitative estimate of drug-likeness (QED) is 0.371. The Hall–Kier alpha value is -0.690. The van der Waals surface area contributed by atoms with E-state index in [-0.39, 0.29) is 0 Å². The lowest BCUT2D eigenvalue weighted by Gasteiger charge is -2.39. The van der Waals surface area contributed by atoms with Crippen molar-refractivity contribution < 1.29 is 0 Å². The fourth-order valence-corrected chi connectivity index (χ4v) is 2.80. The highest BCUT2D eigenvalue weighted by molar-refractivity contribution is 8.13. The molecule has 4 heteroatoms. The molecule has 0 radical (unpaired) electrons. The van der Waals surface area contributed by atoms with Crippen molar-refractivity contribution in [2.24, 2.45) is 16.3 Å². The molecule has 1 saturated heterocycles. The van der Waals surface area contributed by atoms with E-state index in [0.717, 1.165) is 24.2 Å². The van der Waals surface area contributed by atoms with Crippen LogP contribution in [-0.4, -0.2) is 29.4 Å². The van der Waals surface area contributed by atoms with Crippen LogP contribution in [0.5, 0.6) is 0 Å². The molecule has 0 bridgehead atoms. The van der Waals surface area contributed by atoms with Crippen molar-refractivity contribution >= 4 is 16.9 Å². The number of aliphatic imine (C=N–C) groups is 1. The summed E-state index contributed by atoms with van der Waals surface area (Å²) in [4.78, 5) is 6.10. The number of rotatable bonds is 0. The first-order valence-electron chi connectivity index (χ1n) is 5.74. The van der Waals surface area contributed by atoms with Gasteiger partial charge < -0.3 is 4.90 Å². The van der Waals surface area contributed by atoms with Crippen molar-refractivity contribution in [3.8, 4) is 6.19 Å². The topological polar surface area (TPSA) is 39.4 Å². The van der Waals surface area contributed by atoms with Crippen LogP contribution in [0.2, 0.25) is 0 Å². The van der Waals surface area contributed by atoms with Gasteiger partial charge in [-0.2, -0.15) is 5.26 Å². The lowest BCUT2D eigenvalue weighted by Crippen LogP contribution is -2.40. The van der Waals surface area contributed by atoms with Gasteiger partial charge in [0, 0.05) is 13.1 Å². The highest BCUT2D eigenvalue weighted by Crippen LogP contribution is 2.34. The van der Waals surface area contributed by atoms with Gasteiger partial charge in [-0.05, 0) is 30.4 Å². The predicted molar refractivity (Wildman–Crippen MR) is 70.3 cm³/mol. The van der Waals surface area contributed by atoms with Crippen LogP contribution in [0.4, 0.5) is 0 Å². The molecule has 3 nitrogen and oxygen atoms in total. The largest absolute Gasteiger partial charge is 0.351 e. The normalized spacial score (nSPS) is 19.7. The van der Waals surface area contributed by atoms with E-state index in [0.29, 0.717) is 5.41 Å². The Bertz CT molecular complexity index is 290. The first-order valence-corrected chi connectivity index (χ1v) is 6.97. The third-order valence-corrected chi connectivity index (χ3v) is 4.03. The molecule has 1 heterocycles. The molecule has 90 valence electrons. The van der Waals surface area contributed by atoms with Gasteiger partial charge in [-0.25, -0.2) is 0 Å². The molecule has 0 atom stereocenters. The fraction of sp³-hybridized carbons (Fsp3) is 0.833. The van der Waals surface area contributed by atoms with Gasteiger partial charge in [-0.3, -0.25) is 0 Å². The Balaban J connectivity index is 2.56. The van der Waals surface area contributed by atoms with E-state index in [4.69, 9.17) is 5.26 Å². The number of nitrogens with zero attached hydrogens (tertiary/aromatic N) is 3. The van der Waals surface area contributed by atoms with Crippen molar-refractivity contribution in [1.29, 1.82) is 5.26 Å². The summed E-state index contributed by atoms with van der Waals surface area (Å²) in [6.45, 7) is 9.00. The van der Waals surface area contributed by atoms with Gasteiger partial charge in [0.1, 0.15) is 0 Å². The van der Waals surface area contributed by atoms with Gasteiger partial charge in [0.25, 0.3) is 0 Å². The molecule has 1 rings (SSSR count). The predicted octanol–water partition coefficient (Wildman–Crippen LogP) is 2.94. The van der Waals surface area contributed by atoms with E-state index in [9.17, 15) is 0 Å². The van der Waals surface area contributed by atoms with Gasteiger partial charge in [-0.1, -0.05) is 32.5 Å². The fourth-order valence-electron chi connectivity index (χ4n) is 2.23. The van der Waals surface area contributed by atoms with Crippen LogP contribution in [0, 0.1) is 22.8 Å². The summed E-state index contributed by atoms with van der Waals surface area (Å²) < 4.78 is 0.